The van der Waals surface area contributed by atoms with Crippen molar-refractivity contribution in [2.45, 2.75) is 38.0 Å². The molecule has 1 aromatic carbocycles. The van der Waals surface area contributed by atoms with Crippen LogP contribution in [-0.2, 0) is 5.41 Å². The highest BCUT2D eigenvalue weighted by Crippen LogP contribution is 2.40. The van der Waals surface area contributed by atoms with Crippen LogP contribution >= 0.6 is 0 Å². The van der Waals surface area contributed by atoms with E-state index in [0.717, 1.165) is 18.5 Å². The lowest BCUT2D eigenvalue weighted by Crippen LogP contribution is -2.39. The molecule has 114 valence electrons. The number of carbonyl (C=O) groups excluding carboxylic acids is 1. The maximum atomic E-state index is 12.4. The number of hydrogen-bond donors (Lipinski definition) is 1. The van der Waals surface area contributed by atoms with Gasteiger partial charge in [0.25, 0.3) is 5.91 Å². The zero-order chi connectivity index (χ0) is 15.4. The zero-order valence-corrected chi connectivity index (χ0v) is 13.0. The summed E-state index contributed by atoms with van der Waals surface area (Å²) in [5.41, 5.74) is 2.79. The molecule has 1 aliphatic carbocycles. The molecule has 1 N–H and O–H groups in total. The highest BCUT2D eigenvalue weighted by atomic mass is 16.1. The second-order valence-corrected chi connectivity index (χ2v) is 6.20. The average molecular weight is 294 g/mol. The fourth-order valence-corrected chi connectivity index (χ4v) is 3.42. The molecule has 0 atom stereocenters. The molecule has 0 radical (unpaired) electrons. The smallest absolute Gasteiger partial charge is 0.269 e. The second kappa shape index (κ2) is 6.30. The molecule has 1 heterocycles. The van der Waals surface area contributed by atoms with Gasteiger partial charge < -0.3 is 5.32 Å². The Labute approximate surface area is 131 Å². The lowest BCUT2D eigenvalue weighted by molar-refractivity contribution is 0.0938. The molecule has 1 aliphatic rings. The molecule has 3 rings (SSSR count). The fraction of sp³-hybridized carbons (Fsp3) is 0.368. The van der Waals surface area contributed by atoms with Crippen molar-refractivity contribution >= 4 is 5.91 Å². The van der Waals surface area contributed by atoms with Gasteiger partial charge in [-0.15, -0.1) is 0 Å². The Balaban J connectivity index is 1.74. The van der Waals surface area contributed by atoms with E-state index in [0.29, 0.717) is 12.2 Å². The van der Waals surface area contributed by atoms with Gasteiger partial charge in [0.2, 0.25) is 0 Å². The Hall–Kier alpha value is -2.16. The van der Waals surface area contributed by atoms with Crippen molar-refractivity contribution in [1.82, 2.24) is 10.3 Å². The van der Waals surface area contributed by atoms with Crippen LogP contribution in [-0.4, -0.2) is 17.4 Å². The lowest BCUT2D eigenvalue weighted by atomic mass is 9.79. The molecule has 0 unspecified atom stereocenters. The van der Waals surface area contributed by atoms with Gasteiger partial charge in [0, 0.05) is 17.7 Å². The molecule has 3 heteroatoms. The molecular formula is C19H22N2O. The van der Waals surface area contributed by atoms with Crippen LogP contribution in [0.2, 0.25) is 0 Å². The summed E-state index contributed by atoms with van der Waals surface area (Å²) in [5, 5.41) is 3.11. The summed E-state index contributed by atoms with van der Waals surface area (Å²) >= 11 is 0. The summed E-state index contributed by atoms with van der Waals surface area (Å²) in [4.78, 5) is 16.7. The number of nitrogens with zero attached hydrogens (tertiary/aromatic N) is 1. The van der Waals surface area contributed by atoms with E-state index in [1.807, 2.05) is 25.1 Å². The van der Waals surface area contributed by atoms with Crippen LogP contribution in [0.25, 0.3) is 0 Å². The minimum absolute atomic E-state index is 0.0779. The summed E-state index contributed by atoms with van der Waals surface area (Å²) in [6.07, 6.45) is 4.73. The van der Waals surface area contributed by atoms with E-state index in [9.17, 15) is 4.79 Å². The van der Waals surface area contributed by atoms with E-state index in [2.05, 4.69) is 34.6 Å². The monoisotopic (exact) mass is 294 g/mol. The summed E-state index contributed by atoms with van der Waals surface area (Å²) < 4.78 is 0. The minimum atomic E-state index is -0.0779. The maximum Gasteiger partial charge on any atom is 0.269 e. The number of aromatic nitrogens is 1. The third-order valence-corrected chi connectivity index (χ3v) is 4.66. The molecular weight excluding hydrogens is 272 g/mol. The Morgan fingerprint density at radius 3 is 2.50 bits per heavy atom. The molecule has 0 bridgehead atoms. The third-order valence-electron chi connectivity index (χ3n) is 4.66. The van der Waals surface area contributed by atoms with Gasteiger partial charge >= 0.3 is 0 Å². The van der Waals surface area contributed by atoms with Gasteiger partial charge in [-0.2, -0.15) is 0 Å². The first-order valence-electron chi connectivity index (χ1n) is 7.97. The SMILES string of the molecule is Cc1cccc(C(=O)NCC2(c3ccccc3)CCCC2)n1. The van der Waals surface area contributed by atoms with Gasteiger partial charge in [0.15, 0.2) is 0 Å². The molecule has 0 saturated heterocycles. The first-order chi connectivity index (χ1) is 10.7. The predicted octanol–water partition coefficient (Wildman–Crippen LogP) is 3.63. The summed E-state index contributed by atoms with van der Waals surface area (Å²) in [5.74, 6) is -0.0779. The largest absolute Gasteiger partial charge is 0.350 e. The first-order valence-corrected chi connectivity index (χ1v) is 7.97. The van der Waals surface area contributed by atoms with Gasteiger partial charge in [-0.25, -0.2) is 4.98 Å². The van der Waals surface area contributed by atoms with E-state index < -0.39 is 0 Å². The minimum Gasteiger partial charge on any atom is -0.350 e. The van der Waals surface area contributed by atoms with E-state index in [4.69, 9.17) is 0 Å². The van der Waals surface area contributed by atoms with Crippen molar-refractivity contribution in [2.24, 2.45) is 0 Å². The van der Waals surface area contributed by atoms with Crippen molar-refractivity contribution in [1.29, 1.82) is 0 Å². The van der Waals surface area contributed by atoms with Crippen LogP contribution in [0, 0.1) is 6.92 Å². The number of rotatable bonds is 4. The van der Waals surface area contributed by atoms with Gasteiger partial charge in [0.05, 0.1) is 0 Å². The van der Waals surface area contributed by atoms with Crippen LogP contribution in [0.3, 0.4) is 0 Å². The third kappa shape index (κ3) is 3.03. The van der Waals surface area contributed by atoms with Crippen molar-refractivity contribution in [2.75, 3.05) is 6.54 Å². The highest BCUT2D eigenvalue weighted by molar-refractivity contribution is 5.92. The molecule has 22 heavy (non-hydrogen) atoms. The van der Waals surface area contributed by atoms with Crippen LogP contribution in [0.5, 0.6) is 0 Å². The topological polar surface area (TPSA) is 42.0 Å². The first kappa shape index (κ1) is 14.8. The predicted molar refractivity (Wildman–Crippen MR) is 87.9 cm³/mol. The number of nitrogens with one attached hydrogen (secondary N) is 1. The highest BCUT2D eigenvalue weighted by Gasteiger charge is 2.35. The van der Waals surface area contributed by atoms with Crippen molar-refractivity contribution in [3.63, 3.8) is 0 Å². The van der Waals surface area contributed by atoms with E-state index in [1.165, 1.54) is 18.4 Å². The Morgan fingerprint density at radius 2 is 1.82 bits per heavy atom. The Morgan fingerprint density at radius 1 is 1.09 bits per heavy atom. The molecule has 3 nitrogen and oxygen atoms in total. The molecule has 1 fully saturated rings. The summed E-state index contributed by atoms with van der Waals surface area (Å²) in [6, 6.07) is 16.1. The second-order valence-electron chi connectivity index (χ2n) is 6.20. The number of aryl methyl sites for hydroxylation is 1. The summed E-state index contributed by atoms with van der Waals surface area (Å²) in [6.45, 7) is 2.59. The number of carbonyl (C=O) groups is 1. The Kier molecular flexibility index (Phi) is 4.23. The molecule has 1 amide bonds. The van der Waals surface area contributed by atoms with Crippen molar-refractivity contribution < 1.29 is 4.79 Å². The van der Waals surface area contributed by atoms with Gasteiger partial charge in [-0.1, -0.05) is 49.2 Å². The van der Waals surface area contributed by atoms with Crippen LogP contribution < -0.4 is 5.32 Å². The van der Waals surface area contributed by atoms with Gasteiger partial charge in [-0.05, 0) is 37.5 Å². The van der Waals surface area contributed by atoms with E-state index in [1.54, 1.807) is 6.07 Å². The molecule has 2 aromatic rings. The zero-order valence-electron chi connectivity index (χ0n) is 13.0. The standard InChI is InChI=1S/C19H22N2O/c1-15-8-7-11-17(21-15)18(22)20-14-19(12-5-6-13-19)16-9-3-2-4-10-16/h2-4,7-11H,5-6,12-14H2,1H3,(H,20,22). The number of pyridine rings is 1. The van der Waals surface area contributed by atoms with Crippen LogP contribution in [0.15, 0.2) is 48.5 Å². The number of benzene rings is 1. The number of hydrogen-bond acceptors (Lipinski definition) is 2. The average Bonchev–Trinajstić information content (AvgIpc) is 3.04. The Bertz CT molecular complexity index is 645. The fourth-order valence-electron chi connectivity index (χ4n) is 3.42. The lowest BCUT2D eigenvalue weighted by Gasteiger charge is -2.30. The molecule has 1 aromatic heterocycles. The van der Waals surface area contributed by atoms with E-state index in [-0.39, 0.29) is 11.3 Å². The van der Waals surface area contributed by atoms with Crippen LogP contribution in [0.1, 0.15) is 47.4 Å². The molecule has 0 spiro atoms. The van der Waals surface area contributed by atoms with Crippen molar-refractivity contribution in [3.8, 4) is 0 Å². The number of amides is 1. The van der Waals surface area contributed by atoms with E-state index >= 15 is 0 Å². The molecule has 1 saturated carbocycles. The quantitative estimate of drug-likeness (QED) is 0.935. The van der Waals surface area contributed by atoms with Gasteiger partial charge in [-0.3, -0.25) is 4.79 Å². The normalized spacial score (nSPS) is 16.4. The van der Waals surface area contributed by atoms with Crippen LogP contribution in [0.4, 0.5) is 0 Å². The van der Waals surface area contributed by atoms with Gasteiger partial charge in [0.1, 0.15) is 5.69 Å². The summed E-state index contributed by atoms with van der Waals surface area (Å²) in [7, 11) is 0. The van der Waals surface area contributed by atoms with Crippen molar-refractivity contribution in [3.05, 3.63) is 65.5 Å². The maximum absolute atomic E-state index is 12.4. The molecule has 0 aliphatic heterocycles.